The summed E-state index contributed by atoms with van der Waals surface area (Å²) in [5.74, 6) is -0.0724. The number of hydrogen-bond acceptors (Lipinski definition) is 4. The van der Waals surface area contributed by atoms with Gasteiger partial charge in [0.25, 0.3) is 0 Å². The minimum atomic E-state index is -0.158. The lowest BCUT2D eigenvalue weighted by Gasteiger charge is -2.34. The summed E-state index contributed by atoms with van der Waals surface area (Å²) in [5, 5.41) is 7.40. The average molecular weight is 343 g/mol. The molecule has 1 aromatic heterocycles. The van der Waals surface area contributed by atoms with Gasteiger partial charge < -0.3 is 15.1 Å². The van der Waals surface area contributed by atoms with E-state index in [1.807, 2.05) is 13.0 Å². The van der Waals surface area contributed by atoms with E-state index in [1.54, 1.807) is 32.7 Å². The van der Waals surface area contributed by atoms with Crippen molar-refractivity contribution < 1.29 is 9.59 Å². The number of benzene rings is 1. The number of hydrogen-bond donors (Lipinski definition) is 1. The summed E-state index contributed by atoms with van der Waals surface area (Å²) in [7, 11) is 0. The van der Waals surface area contributed by atoms with Crippen molar-refractivity contribution in [3.05, 3.63) is 40.7 Å². The maximum Gasteiger partial charge on any atom is 0.317 e. The van der Waals surface area contributed by atoms with Crippen LogP contribution in [0.3, 0.4) is 0 Å². The molecular formula is C17H21N5O3. The Hall–Kier alpha value is -2.90. The number of nitrogens with one attached hydrogen (secondary N) is 1. The molecule has 1 saturated heterocycles. The van der Waals surface area contributed by atoms with Crippen LogP contribution in [0.5, 0.6) is 0 Å². The van der Waals surface area contributed by atoms with Crippen LogP contribution in [0.2, 0.25) is 0 Å². The van der Waals surface area contributed by atoms with E-state index < -0.39 is 0 Å². The number of amides is 3. The van der Waals surface area contributed by atoms with Crippen molar-refractivity contribution in [3.8, 4) is 0 Å². The second-order valence-corrected chi connectivity index (χ2v) is 5.89. The van der Waals surface area contributed by atoms with E-state index >= 15 is 0 Å². The lowest BCUT2D eigenvalue weighted by Crippen LogP contribution is -2.53. The van der Waals surface area contributed by atoms with E-state index in [2.05, 4.69) is 10.4 Å². The molecule has 8 nitrogen and oxygen atoms in total. The standard InChI is InChI=1S/C17H21N5O3/c1-2-18-17(25)21-9-7-20(8-10-21)16(24)12-22-14-6-4-3-5-13(14)15(23)11-19-22/h3-6,11H,2,7-10,12H2,1H3,(H,18,25). The van der Waals surface area contributed by atoms with Crippen LogP contribution >= 0.6 is 0 Å². The summed E-state index contributed by atoms with van der Waals surface area (Å²) in [6, 6.07) is 7.02. The molecule has 2 aromatic rings. The number of nitrogens with zero attached hydrogens (tertiary/aromatic N) is 4. The zero-order valence-corrected chi connectivity index (χ0v) is 14.1. The van der Waals surface area contributed by atoms with Gasteiger partial charge in [-0.2, -0.15) is 5.10 Å². The largest absolute Gasteiger partial charge is 0.338 e. The molecule has 0 radical (unpaired) electrons. The molecule has 2 heterocycles. The third kappa shape index (κ3) is 3.62. The number of piperazine rings is 1. The quantitative estimate of drug-likeness (QED) is 0.867. The van der Waals surface area contributed by atoms with Crippen molar-refractivity contribution in [1.82, 2.24) is 24.9 Å². The van der Waals surface area contributed by atoms with E-state index in [1.165, 1.54) is 6.20 Å². The van der Waals surface area contributed by atoms with Crippen LogP contribution in [0.4, 0.5) is 4.79 Å². The van der Waals surface area contributed by atoms with Gasteiger partial charge in [-0.25, -0.2) is 4.79 Å². The molecule has 0 aliphatic carbocycles. The van der Waals surface area contributed by atoms with Crippen LogP contribution in [0, 0.1) is 0 Å². The highest BCUT2D eigenvalue weighted by Crippen LogP contribution is 2.09. The van der Waals surface area contributed by atoms with Gasteiger partial charge in [-0.3, -0.25) is 14.3 Å². The number of para-hydroxylation sites is 1. The van der Waals surface area contributed by atoms with Gasteiger partial charge in [0, 0.05) is 38.1 Å². The third-order valence-corrected chi connectivity index (χ3v) is 4.29. The number of fused-ring (bicyclic) bond motifs is 1. The van der Waals surface area contributed by atoms with E-state index in [0.717, 1.165) is 0 Å². The number of rotatable bonds is 3. The highest BCUT2D eigenvalue weighted by molar-refractivity contribution is 5.82. The molecule has 0 unspecified atom stereocenters. The molecule has 0 saturated carbocycles. The monoisotopic (exact) mass is 343 g/mol. The Morgan fingerprint density at radius 1 is 1.12 bits per heavy atom. The Kier molecular flexibility index (Phi) is 4.97. The average Bonchev–Trinajstić information content (AvgIpc) is 2.64. The van der Waals surface area contributed by atoms with Gasteiger partial charge in [-0.1, -0.05) is 12.1 Å². The van der Waals surface area contributed by atoms with Crippen LogP contribution in [-0.2, 0) is 11.3 Å². The van der Waals surface area contributed by atoms with Crippen LogP contribution < -0.4 is 10.7 Å². The molecule has 1 aliphatic heterocycles. The molecular weight excluding hydrogens is 322 g/mol. The van der Waals surface area contributed by atoms with Crippen LogP contribution in [0.25, 0.3) is 10.9 Å². The predicted octanol–water partition coefficient (Wildman–Crippen LogP) is 0.270. The first-order valence-corrected chi connectivity index (χ1v) is 8.35. The van der Waals surface area contributed by atoms with Crippen LogP contribution in [0.1, 0.15) is 6.92 Å². The molecule has 0 atom stereocenters. The second-order valence-electron chi connectivity index (χ2n) is 5.89. The molecule has 25 heavy (non-hydrogen) atoms. The molecule has 0 spiro atoms. The van der Waals surface area contributed by atoms with Gasteiger partial charge in [0.15, 0.2) is 0 Å². The minimum absolute atomic E-state index is 0.0714. The molecule has 0 bridgehead atoms. The lowest BCUT2D eigenvalue weighted by molar-refractivity contribution is -0.133. The molecule has 3 rings (SSSR count). The zero-order valence-electron chi connectivity index (χ0n) is 14.1. The molecule has 1 aromatic carbocycles. The van der Waals surface area contributed by atoms with Crippen molar-refractivity contribution in [2.24, 2.45) is 0 Å². The fourth-order valence-electron chi connectivity index (χ4n) is 2.94. The topological polar surface area (TPSA) is 87.5 Å². The summed E-state index contributed by atoms with van der Waals surface area (Å²) >= 11 is 0. The summed E-state index contributed by atoms with van der Waals surface area (Å²) in [6.07, 6.45) is 1.24. The van der Waals surface area contributed by atoms with Crippen molar-refractivity contribution >= 4 is 22.8 Å². The Labute approximate surface area is 145 Å². The fraction of sp³-hybridized carbons (Fsp3) is 0.412. The molecule has 8 heteroatoms. The molecule has 132 valence electrons. The van der Waals surface area contributed by atoms with E-state index in [4.69, 9.17) is 0 Å². The number of urea groups is 1. The van der Waals surface area contributed by atoms with Gasteiger partial charge in [0.1, 0.15) is 6.54 Å². The summed E-state index contributed by atoms with van der Waals surface area (Å²) in [5.41, 5.74) is 0.485. The normalized spacial score (nSPS) is 14.6. The first-order chi connectivity index (χ1) is 12.1. The summed E-state index contributed by atoms with van der Waals surface area (Å²) in [4.78, 5) is 39.7. The number of carbonyl (C=O) groups excluding carboxylic acids is 2. The summed E-state index contributed by atoms with van der Waals surface area (Å²) in [6.45, 7) is 4.54. The Bertz CT molecular complexity index is 840. The first-order valence-electron chi connectivity index (χ1n) is 8.35. The SMILES string of the molecule is CCNC(=O)N1CCN(C(=O)Cn2ncc(=O)c3ccccc32)CC1. The predicted molar refractivity (Wildman–Crippen MR) is 93.2 cm³/mol. The van der Waals surface area contributed by atoms with Crippen LogP contribution in [-0.4, -0.2) is 64.2 Å². The number of aromatic nitrogens is 2. The van der Waals surface area contributed by atoms with E-state index in [0.29, 0.717) is 43.6 Å². The van der Waals surface area contributed by atoms with Gasteiger partial charge in [0.2, 0.25) is 11.3 Å². The minimum Gasteiger partial charge on any atom is -0.338 e. The Morgan fingerprint density at radius 3 is 2.52 bits per heavy atom. The first kappa shape index (κ1) is 16.9. The Balaban J connectivity index is 1.67. The van der Waals surface area contributed by atoms with Crippen molar-refractivity contribution in [2.75, 3.05) is 32.7 Å². The van der Waals surface area contributed by atoms with Crippen molar-refractivity contribution in [1.29, 1.82) is 0 Å². The molecule has 1 N–H and O–H groups in total. The fourth-order valence-corrected chi connectivity index (χ4v) is 2.94. The van der Waals surface area contributed by atoms with Gasteiger partial charge in [-0.05, 0) is 19.1 Å². The van der Waals surface area contributed by atoms with Crippen LogP contribution in [0.15, 0.2) is 35.3 Å². The van der Waals surface area contributed by atoms with Crippen molar-refractivity contribution in [2.45, 2.75) is 13.5 Å². The lowest BCUT2D eigenvalue weighted by atomic mass is 10.2. The number of carbonyl (C=O) groups is 2. The van der Waals surface area contributed by atoms with Gasteiger partial charge in [0.05, 0.1) is 11.7 Å². The van der Waals surface area contributed by atoms with Gasteiger partial charge in [-0.15, -0.1) is 0 Å². The van der Waals surface area contributed by atoms with E-state index in [9.17, 15) is 14.4 Å². The smallest absolute Gasteiger partial charge is 0.317 e. The van der Waals surface area contributed by atoms with Gasteiger partial charge >= 0.3 is 6.03 Å². The highest BCUT2D eigenvalue weighted by Gasteiger charge is 2.24. The Morgan fingerprint density at radius 2 is 1.80 bits per heavy atom. The molecule has 3 amide bonds. The zero-order chi connectivity index (χ0) is 17.8. The maximum absolute atomic E-state index is 12.6. The van der Waals surface area contributed by atoms with Crippen molar-refractivity contribution in [3.63, 3.8) is 0 Å². The maximum atomic E-state index is 12.6. The third-order valence-electron chi connectivity index (χ3n) is 4.29. The summed E-state index contributed by atoms with van der Waals surface area (Å²) < 4.78 is 1.55. The van der Waals surface area contributed by atoms with E-state index in [-0.39, 0.29) is 23.9 Å². The highest BCUT2D eigenvalue weighted by atomic mass is 16.2. The second kappa shape index (κ2) is 7.33. The molecule has 1 fully saturated rings. The molecule has 1 aliphatic rings.